The van der Waals surface area contributed by atoms with Crippen molar-refractivity contribution in [1.29, 1.82) is 0 Å². The summed E-state index contributed by atoms with van der Waals surface area (Å²) in [5.74, 6) is -0.523. The van der Waals surface area contributed by atoms with Gasteiger partial charge in [0.15, 0.2) is 0 Å². The van der Waals surface area contributed by atoms with Crippen LogP contribution in [-0.2, 0) is 16.0 Å². The zero-order valence-electron chi connectivity index (χ0n) is 23.0. The predicted molar refractivity (Wildman–Crippen MR) is 146 cm³/mol. The Morgan fingerprint density at radius 1 is 1.11 bits per heavy atom. The van der Waals surface area contributed by atoms with Crippen LogP contribution in [0.15, 0.2) is 48.5 Å². The summed E-state index contributed by atoms with van der Waals surface area (Å²) < 4.78 is 0. The number of carbonyl (C=O) groups is 3. The summed E-state index contributed by atoms with van der Waals surface area (Å²) in [6.07, 6.45) is 2.04. The summed E-state index contributed by atoms with van der Waals surface area (Å²) in [6, 6.07) is 15.0. The van der Waals surface area contributed by atoms with Gasteiger partial charge >= 0.3 is 0 Å². The number of hydrazine groups is 1. The number of hydrogen-bond donors (Lipinski definition) is 4. The number of aliphatic hydroxyl groups is 1. The fraction of sp³-hybridized carbons (Fsp3) is 0.500. The molecule has 0 aromatic heterocycles. The predicted octanol–water partition coefficient (Wildman–Crippen LogP) is 3.05. The van der Waals surface area contributed by atoms with Crippen LogP contribution in [0.3, 0.4) is 0 Å². The number of nitrogens with one attached hydrogen (secondary N) is 3. The normalized spacial score (nSPS) is 25.7. The third-order valence-electron chi connectivity index (χ3n) is 7.94. The molecule has 0 saturated carbocycles. The molecule has 204 valence electrons. The molecule has 2 aromatic carbocycles. The molecule has 5 atom stereocenters. The largest absolute Gasteiger partial charge is 0.388 e. The first-order valence-electron chi connectivity index (χ1n) is 13.5. The first-order chi connectivity index (χ1) is 18.0. The molecule has 0 radical (unpaired) electrons. The van der Waals surface area contributed by atoms with E-state index in [1.807, 2.05) is 56.3 Å². The van der Waals surface area contributed by atoms with E-state index in [9.17, 15) is 19.5 Å². The van der Waals surface area contributed by atoms with E-state index in [0.717, 1.165) is 23.1 Å². The zero-order chi connectivity index (χ0) is 27.6. The SMILES string of the molecule is Cc1cc(C(=O)NCC(=O)N2[C@H](c3ccccc3)[C@@H](C)C[C@@H]2C(C)(C)O)ccc1CC1CC(C)NNC1=O. The molecule has 0 aliphatic carbocycles. The second-order valence-electron chi connectivity index (χ2n) is 11.5. The van der Waals surface area contributed by atoms with Crippen molar-refractivity contribution in [2.45, 2.75) is 77.6 Å². The van der Waals surface area contributed by atoms with Crippen molar-refractivity contribution in [2.24, 2.45) is 11.8 Å². The van der Waals surface area contributed by atoms with Gasteiger partial charge in [-0.1, -0.05) is 43.3 Å². The molecule has 2 saturated heterocycles. The van der Waals surface area contributed by atoms with E-state index in [1.165, 1.54) is 0 Å². The van der Waals surface area contributed by atoms with Gasteiger partial charge in [-0.2, -0.15) is 0 Å². The molecule has 0 bridgehead atoms. The van der Waals surface area contributed by atoms with Crippen LogP contribution in [0.1, 0.15) is 73.6 Å². The first-order valence-corrected chi connectivity index (χ1v) is 13.5. The number of amides is 3. The summed E-state index contributed by atoms with van der Waals surface area (Å²) in [5, 5.41) is 13.7. The lowest BCUT2D eigenvalue weighted by molar-refractivity contribution is -0.138. The summed E-state index contributed by atoms with van der Waals surface area (Å²) in [7, 11) is 0. The van der Waals surface area contributed by atoms with Crippen molar-refractivity contribution in [3.8, 4) is 0 Å². The van der Waals surface area contributed by atoms with Crippen LogP contribution < -0.4 is 16.2 Å². The number of nitrogens with zero attached hydrogens (tertiary/aromatic N) is 1. The molecule has 2 unspecified atom stereocenters. The van der Waals surface area contributed by atoms with Crippen molar-refractivity contribution in [3.05, 3.63) is 70.8 Å². The Morgan fingerprint density at radius 3 is 2.47 bits per heavy atom. The molecular formula is C30H40N4O4. The number of benzene rings is 2. The lowest BCUT2D eigenvalue weighted by Crippen LogP contribution is -2.52. The van der Waals surface area contributed by atoms with E-state index in [4.69, 9.17) is 0 Å². The van der Waals surface area contributed by atoms with Crippen molar-refractivity contribution in [3.63, 3.8) is 0 Å². The number of hydrogen-bond acceptors (Lipinski definition) is 5. The third kappa shape index (κ3) is 6.08. The Balaban J connectivity index is 1.44. The van der Waals surface area contributed by atoms with Crippen LogP contribution in [-0.4, -0.2) is 52.0 Å². The number of carbonyl (C=O) groups excluding carboxylic acids is 3. The maximum atomic E-state index is 13.5. The molecule has 2 aliphatic rings. The van der Waals surface area contributed by atoms with Gasteiger partial charge in [0.25, 0.3) is 5.91 Å². The van der Waals surface area contributed by atoms with Crippen molar-refractivity contribution >= 4 is 17.7 Å². The van der Waals surface area contributed by atoms with E-state index in [-0.39, 0.29) is 54.2 Å². The van der Waals surface area contributed by atoms with E-state index in [0.29, 0.717) is 18.4 Å². The molecule has 4 rings (SSSR count). The van der Waals surface area contributed by atoms with Gasteiger partial charge in [-0.3, -0.25) is 19.8 Å². The second kappa shape index (κ2) is 11.3. The lowest BCUT2D eigenvalue weighted by atomic mass is 9.89. The molecule has 3 amide bonds. The van der Waals surface area contributed by atoms with E-state index < -0.39 is 5.60 Å². The van der Waals surface area contributed by atoms with E-state index >= 15 is 0 Å². The molecule has 0 spiro atoms. The van der Waals surface area contributed by atoms with Crippen molar-refractivity contribution < 1.29 is 19.5 Å². The van der Waals surface area contributed by atoms with Gasteiger partial charge in [0.1, 0.15) is 0 Å². The molecule has 38 heavy (non-hydrogen) atoms. The smallest absolute Gasteiger partial charge is 0.251 e. The van der Waals surface area contributed by atoms with Crippen molar-refractivity contribution in [1.82, 2.24) is 21.1 Å². The summed E-state index contributed by atoms with van der Waals surface area (Å²) in [6.45, 7) is 9.37. The Morgan fingerprint density at radius 2 is 1.82 bits per heavy atom. The maximum Gasteiger partial charge on any atom is 0.251 e. The van der Waals surface area contributed by atoms with Gasteiger partial charge < -0.3 is 15.3 Å². The number of rotatable bonds is 7. The van der Waals surface area contributed by atoms with Gasteiger partial charge in [-0.05, 0) is 81.7 Å². The fourth-order valence-corrected chi connectivity index (χ4v) is 5.91. The molecule has 4 N–H and O–H groups in total. The van der Waals surface area contributed by atoms with Crippen LogP contribution in [0.25, 0.3) is 0 Å². The standard InChI is InChI=1S/C30H40N4O4/c1-18-13-23(12-11-22(18)16-24-15-20(3)32-33-29(24)37)28(36)31-17-26(35)34-25(30(4,5)38)14-19(2)27(34)21-9-7-6-8-10-21/h6-13,19-20,24-25,27,32,38H,14-17H2,1-5H3,(H,31,36)(H,33,37)/t19-,20?,24?,25+,27-/m0/s1. The number of aryl methyl sites for hydroxylation is 1. The highest BCUT2D eigenvalue weighted by Gasteiger charge is 2.47. The van der Waals surface area contributed by atoms with Crippen LogP contribution >= 0.6 is 0 Å². The van der Waals surface area contributed by atoms with Crippen LogP contribution in [0.5, 0.6) is 0 Å². The highest BCUT2D eigenvalue weighted by atomic mass is 16.3. The van der Waals surface area contributed by atoms with Gasteiger partial charge in [0.2, 0.25) is 11.8 Å². The summed E-state index contributed by atoms with van der Waals surface area (Å²) >= 11 is 0. The third-order valence-corrected chi connectivity index (χ3v) is 7.94. The van der Waals surface area contributed by atoms with Gasteiger partial charge in [-0.15, -0.1) is 0 Å². The molecule has 8 heteroatoms. The highest BCUT2D eigenvalue weighted by molar-refractivity contribution is 5.96. The zero-order valence-corrected chi connectivity index (χ0v) is 23.0. The Labute approximate surface area is 225 Å². The summed E-state index contributed by atoms with van der Waals surface area (Å²) in [4.78, 5) is 40.5. The molecule has 2 aromatic rings. The van der Waals surface area contributed by atoms with Gasteiger partial charge in [0.05, 0.1) is 24.2 Å². The lowest BCUT2D eigenvalue weighted by Gasteiger charge is -2.37. The van der Waals surface area contributed by atoms with Gasteiger partial charge in [0, 0.05) is 17.5 Å². The average molecular weight is 521 g/mol. The van der Waals surface area contributed by atoms with Gasteiger partial charge in [-0.25, -0.2) is 5.43 Å². The maximum absolute atomic E-state index is 13.5. The fourth-order valence-electron chi connectivity index (χ4n) is 5.91. The number of likely N-dealkylation sites (tertiary alicyclic amines) is 1. The second-order valence-corrected chi connectivity index (χ2v) is 11.5. The average Bonchev–Trinajstić information content (AvgIpc) is 3.24. The minimum atomic E-state index is -1.08. The van der Waals surface area contributed by atoms with E-state index in [2.05, 4.69) is 23.1 Å². The molecule has 2 heterocycles. The molecule has 2 fully saturated rings. The minimum Gasteiger partial charge on any atom is -0.388 e. The minimum absolute atomic E-state index is 0.0165. The highest BCUT2D eigenvalue weighted by Crippen LogP contribution is 2.44. The Bertz CT molecular complexity index is 1180. The first kappa shape index (κ1) is 27.8. The topological polar surface area (TPSA) is 111 Å². The monoisotopic (exact) mass is 520 g/mol. The van der Waals surface area contributed by atoms with Crippen LogP contribution in [0.2, 0.25) is 0 Å². The molecular weight excluding hydrogens is 480 g/mol. The summed E-state index contributed by atoms with van der Waals surface area (Å²) in [5.41, 5.74) is 8.06. The van der Waals surface area contributed by atoms with Crippen LogP contribution in [0.4, 0.5) is 0 Å². The van der Waals surface area contributed by atoms with E-state index in [1.54, 1.807) is 24.8 Å². The Hall–Kier alpha value is -3.23. The van der Waals surface area contributed by atoms with Crippen LogP contribution in [0, 0.1) is 18.8 Å². The Kier molecular flexibility index (Phi) is 8.23. The molecule has 2 aliphatic heterocycles. The quantitative estimate of drug-likeness (QED) is 0.449. The molecule has 8 nitrogen and oxygen atoms in total. The van der Waals surface area contributed by atoms with Crippen molar-refractivity contribution in [2.75, 3.05) is 6.54 Å².